The molecule has 3 aliphatic rings. The first kappa shape index (κ1) is 57.9. The summed E-state index contributed by atoms with van der Waals surface area (Å²) in [7, 11) is 0.860. The van der Waals surface area contributed by atoms with Crippen LogP contribution in [0.15, 0.2) is 29.2 Å². The molecule has 3 heterocycles. The average molecular weight is 993 g/mol. The van der Waals surface area contributed by atoms with E-state index in [1.807, 2.05) is 42.5 Å². The van der Waals surface area contributed by atoms with E-state index in [1.165, 1.54) is 14.0 Å². The highest BCUT2D eigenvalue weighted by Gasteiger charge is 2.53. The van der Waals surface area contributed by atoms with E-state index in [4.69, 9.17) is 28.4 Å². The van der Waals surface area contributed by atoms with Crippen molar-refractivity contribution in [3.05, 3.63) is 30.1 Å². The van der Waals surface area contributed by atoms with E-state index in [9.17, 15) is 47.9 Å². The Hall–Kier alpha value is -2.64. The number of carbonyl (C=O) groups is 2. The van der Waals surface area contributed by atoms with Gasteiger partial charge in [-0.25, -0.2) is 22.3 Å². The fourth-order valence-electron chi connectivity index (χ4n) is 10.2. The number of ether oxygens (including phenoxy) is 6. The number of benzene rings is 1. The zero-order valence-electron chi connectivity index (χ0n) is 42.1. The Kier molecular flexibility index (Phi) is 20.2. The maximum absolute atomic E-state index is 14.5. The van der Waals surface area contributed by atoms with Crippen LogP contribution in [0.1, 0.15) is 101 Å². The molecule has 0 radical (unpaired) electrons. The van der Waals surface area contributed by atoms with E-state index in [-0.39, 0.29) is 68.3 Å². The Bertz CT molecular complexity index is 1900. The molecule has 1 aromatic rings. The van der Waals surface area contributed by atoms with Crippen LogP contribution < -0.4 is 10.0 Å². The van der Waals surface area contributed by atoms with Crippen LogP contribution >= 0.6 is 0 Å². The number of hydrogen-bond donors (Lipinski definition) is 7. The molecule has 3 aliphatic heterocycles. The van der Waals surface area contributed by atoms with Gasteiger partial charge in [-0.2, -0.15) is 0 Å². The lowest BCUT2D eigenvalue weighted by atomic mass is 9.77. The predicted octanol–water partition coefficient (Wildman–Crippen LogP) is 2.49. The van der Waals surface area contributed by atoms with E-state index in [0.717, 1.165) is 24.3 Å². The fraction of sp³-hybridized carbons (Fsp3) is 0.830. The summed E-state index contributed by atoms with van der Waals surface area (Å²) in [6.45, 7) is 17.3. The van der Waals surface area contributed by atoms with E-state index in [0.29, 0.717) is 6.42 Å². The average Bonchev–Trinajstić information content (AvgIpc) is 3.25. The topological polar surface area (TPSA) is 255 Å². The molecule has 3 saturated heterocycles. The molecule has 4 rings (SSSR count). The number of nitrogens with zero attached hydrogens (tertiary/aromatic N) is 2. The number of aliphatic hydroxyl groups excluding tert-OH is 3. The summed E-state index contributed by atoms with van der Waals surface area (Å²) in [6, 6.07) is 1.81. The standard InChI is InChI=1S/C47H81FN4O15S/c1-14-35-47(10,59)39(54)30(6)52(21-15-20-49-44(57)50-68(60,61)33-18-16-32(48)17-19-33)25-26(2)23-45(8,58)41(67-43-37(53)34(51(11)12)22-27(3)63-43)28(4)38(29(5)42(56)65-35)66-36-24-46(9,62-13)40(55)31(7)64-36/h16-19,26-31,34-41,43,53-55,58-59H,14-15,20-25H2,1-13H3,(H2,49,50,57)/t26-,27+,28-,29-,30-,31-,34+,35-,36?,37+,38+,39-,40-,41-,43-,45-,46+,47-/m1/s1. The number of halogens is 1. The molecule has 1 unspecified atom stereocenters. The lowest BCUT2D eigenvalue weighted by molar-refractivity contribution is -0.318. The molecular weight excluding hydrogens is 912 g/mol. The molecule has 18 atom stereocenters. The minimum absolute atomic E-state index is 0.0173. The molecule has 68 heavy (non-hydrogen) atoms. The van der Waals surface area contributed by atoms with Gasteiger partial charge < -0.3 is 64.2 Å². The summed E-state index contributed by atoms with van der Waals surface area (Å²) in [5.74, 6) is -3.80. The van der Waals surface area contributed by atoms with Crippen LogP contribution in [0.25, 0.3) is 0 Å². The summed E-state index contributed by atoms with van der Waals surface area (Å²) >= 11 is 0. The van der Waals surface area contributed by atoms with E-state index >= 15 is 0 Å². The molecule has 2 amide bonds. The van der Waals surface area contributed by atoms with Crippen molar-refractivity contribution in [2.24, 2.45) is 17.8 Å². The zero-order chi connectivity index (χ0) is 51.3. The molecule has 392 valence electrons. The van der Waals surface area contributed by atoms with Crippen molar-refractivity contribution in [3.63, 3.8) is 0 Å². The Morgan fingerprint density at radius 1 is 0.971 bits per heavy atom. The van der Waals surface area contributed by atoms with Crippen LogP contribution in [0.5, 0.6) is 0 Å². The Morgan fingerprint density at radius 2 is 1.60 bits per heavy atom. The highest BCUT2D eigenvalue weighted by molar-refractivity contribution is 7.90. The molecule has 0 spiro atoms. The Morgan fingerprint density at radius 3 is 2.19 bits per heavy atom. The van der Waals surface area contributed by atoms with Gasteiger partial charge in [0.15, 0.2) is 12.6 Å². The number of carbonyl (C=O) groups excluding carboxylic acids is 2. The number of likely N-dealkylation sites (N-methyl/N-ethyl adjacent to an activating group) is 1. The number of cyclic esters (lactones) is 1. The minimum Gasteiger partial charge on any atom is -0.459 e. The van der Waals surface area contributed by atoms with E-state index < -0.39 is 118 Å². The van der Waals surface area contributed by atoms with Crippen LogP contribution in [0, 0.1) is 23.6 Å². The number of amides is 2. The zero-order valence-corrected chi connectivity index (χ0v) is 42.9. The van der Waals surface area contributed by atoms with Crippen LogP contribution in [0.2, 0.25) is 0 Å². The smallest absolute Gasteiger partial charge is 0.328 e. The highest BCUT2D eigenvalue weighted by atomic mass is 32.2. The summed E-state index contributed by atoms with van der Waals surface area (Å²) < 4.78 is 78.6. The van der Waals surface area contributed by atoms with Gasteiger partial charge in [0.2, 0.25) is 0 Å². The van der Waals surface area contributed by atoms with Crippen LogP contribution in [0.3, 0.4) is 0 Å². The fourth-order valence-corrected chi connectivity index (χ4v) is 11.1. The first-order valence-electron chi connectivity index (χ1n) is 23.8. The van der Waals surface area contributed by atoms with Gasteiger partial charge in [0.1, 0.15) is 35.8 Å². The molecule has 0 saturated carbocycles. The quantitative estimate of drug-likeness (QED) is 0.111. The third kappa shape index (κ3) is 14.1. The normalized spacial score (nSPS) is 40.8. The number of nitrogens with one attached hydrogen (secondary N) is 2. The molecular formula is C47H81FN4O15S. The van der Waals surface area contributed by atoms with Gasteiger partial charge in [0, 0.05) is 51.2 Å². The second-order valence-electron chi connectivity index (χ2n) is 20.4. The van der Waals surface area contributed by atoms with Gasteiger partial charge in [-0.3, -0.25) is 9.69 Å². The lowest BCUT2D eigenvalue weighted by Gasteiger charge is -2.48. The molecule has 3 fully saturated rings. The summed E-state index contributed by atoms with van der Waals surface area (Å²) in [5, 5.41) is 62.2. The molecule has 21 heteroatoms. The summed E-state index contributed by atoms with van der Waals surface area (Å²) in [5.41, 5.74) is -4.84. The SMILES string of the molecule is CC[C@H]1OC(=O)[C@H](C)[C@@H](OC2C[C@](C)(OC)[C@H](O)[C@@H](C)O2)[C@@H](C)[C@@H](O[C@H]2O[C@@H](C)C[C@H](N(C)C)[C@@H]2O)[C@](C)(O)C[C@@H](C)CN(CCCNC(=O)NS(=O)(=O)c2ccc(F)cc2)[C@H](C)[C@@H](O)[C@]1(C)O. The number of aliphatic hydroxyl groups is 5. The largest absolute Gasteiger partial charge is 0.459 e. The van der Waals surface area contributed by atoms with Crippen molar-refractivity contribution in [3.8, 4) is 0 Å². The molecule has 0 bridgehead atoms. The molecule has 19 nitrogen and oxygen atoms in total. The van der Waals surface area contributed by atoms with Crippen molar-refractivity contribution < 1.29 is 76.4 Å². The van der Waals surface area contributed by atoms with Crippen molar-refractivity contribution in [2.45, 2.75) is 197 Å². The molecule has 0 aliphatic carbocycles. The number of rotatable bonds is 13. The van der Waals surface area contributed by atoms with Gasteiger partial charge in [0.05, 0.1) is 46.4 Å². The van der Waals surface area contributed by atoms with E-state index in [2.05, 4.69) is 5.32 Å². The maximum atomic E-state index is 14.5. The number of sulfonamides is 1. The Balaban J connectivity index is 1.72. The molecule has 7 N–H and O–H groups in total. The molecule has 1 aromatic carbocycles. The van der Waals surface area contributed by atoms with Gasteiger partial charge in [-0.1, -0.05) is 20.8 Å². The van der Waals surface area contributed by atoms with Crippen LogP contribution in [-0.2, 0) is 43.2 Å². The first-order chi connectivity index (χ1) is 31.5. The third-order valence-electron chi connectivity index (χ3n) is 14.3. The number of urea groups is 1. The third-order valence-corrected chi connectivity index (χ3v) is 15.6. The van der Waals surface area contributed by atoms with E-state index in [1.54, 1.807) is 48.5 Å². The second kappa shape index (κ2) is 23.7. The van der Waals surface area contributed by atoms with Gasteiger partial charge >= 0.3 is 12.0 Å². The highest BCUT2D eigenvalue weighted by Crippen LogP contribution is 2.40. The number of esters is 1. The maximum Gasteiger partial charge on any atom is 0.328 e. The van der Waals surface area contributed by atoms with Gasteiger partial charge in [-0.05, 0) is 118 Å². The Labute approximate surface area is 402 Å². The van der Waals surface area contributed by atoms with Gasteiger partial charge in [-0.15, -0.1) is 0 Å². The van der Waals surface area contributed by atoms with Crippen molar-refractivity contribution >= 4 is 22.0 Å². The lowest BCUT2D eigenvalue weighted by Crippen LogP contribution is -2.60. The number of hydrogen-bond acceptors (Lipinski definition) is 17. The van der Waals surface area contributed by atoms with Crippen LogP contribution in [-0.4, -0.2) is 187 Å². The monoisotopic (exact) mass is 993 g/mol. The number of methoxy groups -OCH3 is 1. The minimum atomic E-state index is -4.30. The van der Waals surface area contributed by atoms with Gasteiger partial charge in [0.25, 0.3) is 10.0 Å². The summed E-state index contributed by atoms with van der Waals surface area (Å²) in [6.07, 6.45) is -9.58. The predicted molar refractivity (Wildman–Crippen MR) is 248 cm³/mol. The van der Waals surface area contributed by atoms with Crippen LogP contribution in [0.4, 0.5) is 9.18 Å². The van der Waals surface area contributed by atoms with Crippen molar-refractivity contribution in [2.75, 3.05) is 40.8 Å². The van der Waals surface area contributed by atoms with Crippen molar-refractivity contribution in [1.29, 1.82) is 0 Å². The first-order valence-corrected chi connectivity index (χ1v) is 25.3. The summed E-state index contributed by atoms with van der Waals surface area (Å²) in [4.78, 5) is 30.7. The second-order valence-corrected chi connectivity index (χ2v) is 22.1. The van der Waals surface area contributed by atoms with Crippen molar-refractivity contribution in [1.82, 2.24) is 19.8 Å². The molecule has 0 aromatic heterocycles.